The summed E-state index contributed by atoms with van der Waals surface area (Å²) in [4.78, 5) is 13.9. The number of primary amides is 1. The molecule has 0 radical (unpaired) electrons. The highest BCUT2D eigenvalue weighted by Crippen LogP contribution is 2.30. The highest BCUT2D eigenvalue weighted by atomic mass is 79.9. The van der Waals surface area contributed by atoms with Gasteiger partial charge in [0.15, 0.2) is 0 Å². The standard InChI is InChI=1S/C16H24BrN3O/c1-2-8-19-11-12-10-13(17)6-7-14(12)20-9-4-3-5-15(20)16(18)21/h6-7,10,15,19H,2-5,8-9,11H2,1H3,(H2,18,21). The van der Waals surface area contributed by atoms with Gasteiger partial charge in [0.2, 0.25) is 5.91 Å². The summed E-state index contributed by atoms with van der Waals surface area (Å²) in [6.45, 7) is 4.86. The van der Waals surface area contributed by atoms with Crippen LogP contribution in [0.15, 0.2) is 22.7 Å². The number of anilines is 1. The third kappa shape index (κ3) is 4.20. The van der Waals surface area contributed by atoms with Gasteiger partial charge in [-0.05, 0) is 56.0 Å². The van der Waals surface area contributed by atoms with Crippen LogP contribution in [-0.2, 0) is 11.3 Å². The number of nitrogens with two attached hydrogens (primary N) is 1. The molecular weight excluding hydrogens is 330 g/mol. The molecule has 4 nitrogen and oxygen atoms in total. The summed E-state index contributed by atoms with van der Waals surface area (Å²) in [5, 5.41) is 3.44. The Kier molecular flexibility index (Phi) is 6.06. The number of hydrogen-bond donors (Lipinski definition) is 2. The zero-order chi connectivity index (χ0) is 15.2. The van der Waals surface area contributed by atoms with Crippen LogP contribution in [0.4, 0.5) is 5.69 Å². The van der Waals surface area contributed by atoms with Crippen molar-refractivity contribution in [3.63, 3.8) is 0 Å². The lowest BCUT2D eigenvalue weighted by Gasteiger charge is -2.37. The zero-order valence-electron chi connectivity index (χ0n) is 12.6. The average Bonchev–Trinajstić information content (AvgIpc) is 2.48. The average molecular weight is 354 g/mol. The number of hydrogen-bond acceptors (Lipinski definition) is 3. The Morgan fingerprint density at radius 3 is 3.00 bits per heavy atom. The van der Waals surface area contributed by atoms with Crippen molar-refractivity contribution in [2.24, 2.45) is 5.73 Å². The molecule has 0 bridgehead atoms. The van der Waals surface area contributed by atoms with Gasteiger partial charge in [0, 0.05) is 23.2 Å². The van der Waals surface area contributed by atoms with E-state index >= 15 is 0 Å². The molecule has 1 aliphatic rings. The molecule has 116 valence electrons. The van der Waals surface area contributed by atoms with E-state index in [4.69, 9.17) is 5.73 Å². The third-order valence-corrected chi connectivity index (χ3v) is 4.42. The van der Waals surface area contributed by atoms with Crippen molar-refractivity contribution < 1.29 is 4.79 Å². The number of piperidine rings is 1. The van der Waals surface area contributed by atoms with Crippen molar-refractivity contribution in [1.29, 1.82) is 0 Å². The number of rotatable bonds is 6. The minimum atomic E-state index is -0.218. The number of halogens is 1. The molecule has 1 saturated heterocycles. The van der Waals surface area contributed by atoms with Crippen molar-refractivity contribution in [1.82, 2.24) is 5.32 Å². The lowest BCUT2D eigenvalue weighted by atomic mass is 9.99. The highest BCUT2D eigenvalue weighted by Gasteiger charge is 2.28. The molecule has 1 aliphatic heterocycles. The summed E-state index contributed by atoms with van der Waals surface area (Å²) in [6.07, 6.45) is 4.15. The molecule has 1 fully saturated rings. The van der Waals surface area contributed by atoms with E-state index in [9.17, 15) is 4.79 Å². The first-order chi connectivity index (χ1) is 10.1. The van der Waals surface area contributed by atoms with Crippen LogP contribution in [0, 0.1) is 0 Å². The van der Waals surface area contributed by atoms with Crippen molar-refractivity contribution >= 4 is 27.5 Å². The highest BCUT2D eigenvalue weighted by molar-refractivity contribution is 9.10. The summed E-state index contributed by atoms with van der Waals surface area (Å²) in [7, 11) is 0. The Balaban J connectivity index is 2.25. The number of nitrogens with one attached hydrogen (secondary N) is 1. The summed E-state index contributed by atoms with van der Waals surface area (Å²) in [6, 6.07) is 6.08. The van der Waals surface area contributed by atoms with Crippen LogP contribution in [0.1, 0.15) is 38.2 Å². The van der Waals surface area contributed by atoms with Gasteiger partial charge >= 0.3 is 0 Å². The van der Waals surface area contributed by atoms with Crippen LogP contribution >= 0.6 is 15.9 Å². The maximum absolute atomic E-state index is 11.7. The summed E-state index contributed by atoms with van der Waals surface area (Å²) < 4.78 is 1.06. The molecule has 0 aliphatic carbocycles. The van der Waals surface area contributed by atoms with Gasteiger partial charge in [-0.15, -0.1) is 0 Å². The molecule has 5 heteroatoms. The molecule has 1 unspecified atom stereocenters. The van der Waals surface area contributed by atoms with Crippen molar-refractivity contribution in [3.05, 3.63) is 28.2 Å². The monoisotopic (exact) mass is 353 g/mol. The molecule has 0 saturated carbocycles. The molecule has 21 heavy (non-hydrogen) atoms. The van der Waals surface area contributed by atoms with Crippen LogP contribution in [0.5, 0.6) is 0 Å². The Hall–Kier alpha value is -1.07. The van der Waals surface area contributed by atoms with Gasteiger partial charge in [0.1, 0.15) is 6.04 Å². The van der Waals surface area contributed by atoms with Crippen LogP contribution in [0.3, 0.4) is 0 Å². The second kappa shape index (κ2) is 7.80. The maximum Gasteiger partial charge on any atom is 0.240 e. The van der Waals surface area contributed by atoms with Crippen LogP contribution in [0.2, 0.25) is 0 Å². The number of nitrogens with zero attached hydrogens (tertiary/aromatic N) is 1. The normalized spacial score (nSPS) is 18.8. The van der Waals surface area contributed by atoms with E-state index in [1.54, 1.807) is 0 Å². The van der Waals surface area contributed by atoms with Crippen LogP contribution in [0.25, 0.3) is 0 Å². The molecule has 1 atom stereocenters. The Morgan fingerprint density at radius 1 is 1.48 bits per heavy atom. The summed E-state index contributed by atoms with van der Waals surface area (Å²) >= 11 is 3.54. The van der Waals surface area contributed by atoms with E-state index in [1.165, 1.54) is 5.56 Å². The molecule has 1 amide bonds. The number of amides is 1. The third-order valence-electron chi connectivity index (χ3n) is 3.92. The second-order valence-corrected chi connectivity index (χ2v) is 6.47. The number of carbonyl (C=O) groups is 1. The molecule has 1 heterocycles. The molecule has 2 rings (SSSR count). The number of carbonyl (C=O) groups excluding carboxylic acids is 1. The largest absolute Gasteiger partial charge is 0.368 e. The lowest BCUT2D eigenvalue weighted by molar-refractivity contribution is -0.119. The topological polar surface area (TPSA) is 58.4 Å². The van der Waals surface area contributed by atoms with Crippen molar-refractivity contribution in [3.8, 4) is 0 Å². The minimum absolute atomic E-state index is 0.176. The first kappa shape index (κ1) is 16.3. The van der Waals surface area contributed by atoms with Crippen LogP contribution in [-0.4, -0.2) is 25.0 Å². The van der Waals surface area contributed by atoms with E-state index < -0.39 is 0 Å². The van der Waals surface area contributed by atoms with Crippen molar-refractivity contribution in [2.75, 3.05) is 18.0 Å². The van der Waals surface area contributed by atoms with Gasteiger partial charge in [0.05, 0.1) is 0 Å². The van der Waals surface area contributed by atoms with E-state index in [0.29, 0.717) is 0 Å². The first-order valence-electron chi connectivity index (χ1n) is 7.68. The van der Waals surface area contributed by atoms with Gasteiger partial charge in [-0.1, -0.05) is 22.9 Å². The van der Waals surface area contributed by atoms with E-state index in [2.05, 4.69) is 45.2 Å². The smallest absolute Gasteiger partial charge is 0.240 e. The molecule has 1 aromatic carbocycles. The molecule has 3 N–H and O–H groups in total. The van der Waals surface area contributed by atoms with Gasteiger partial charge < -0.3 is 16.0 Å². The fraction of sp³-hybridized carbons (Fsp3) is 0.562. The zero-order valence-corrected chi connectivity index (χ0v) is 14.2. The quantitative estimate of drug-likeness (QED) is 0.773. The first-order valence-corrected chi connectivity index (χ1v) is 8.48. The van der Waals surface area contributed by atoms with Gasteiger partial charge in [-0.25, -0.2) is 0 Å². The van der Waals surface area contributed by atoms with Crippen molar-refractivity contribution in [2.45, 2.75) is 45.2 Å². The second-order valence-electron chi connectivity index (χ2n) is 5.56. The maximum atomic E-state index is 11.7. The Labute approximate surface area is 135 Å². The molecule has 1 aromatic rings. The molecule has 0 aromatic heterocycles. The fourth-order valence-corrected chi connectivity index (χ4v) is 3.30. The fourth-order valence-electron chi connectivity index (χ4n) is 2.89. The van der Waals surface area contributed by atoms with E-state index in [1.807, 2.05) is 6.07 Å². The predicted molar refractivity (Wildman–Crippen MR) is 90.3 cm³/mol. The summed E-state index contributed by atoms with van der Waals surface area (Å²) in [5.41, 5.74) is 7.93. The molecule has 0 spiro atoms. The van der Waals surface area contributed by atoms with E-state index in [0.717, 1.165) is 55.5 Å². The number of benzene rings is 1. The van der Waals surface area contributed by atoms with Gasteiger partial charge in [-0.3, -0.25) is 4.79 Å². The van der Waals surface area contributed by atoms with Gasteiger partial charge in [-0.2, -0.15) is 0 Å². The predicted octanol–water partition coefficient (Wildman–Crippen LogP) is 2.79. The summed E-state index contributed by atoms with van der Waals surface area (Å²) in [5.74, 6) is -0.218. The van der Waals surface area contributed by atoms with Crippen LogP contribution < -0.4 is 16.0 Å². The van der Waals surface area contributed by atoms with E-state index in [-0.39, 0.29) is 11.9 Å². The molecular formula is C16H24BrN3O. The minimum Gasteiger partial charge on any atom is -0.368 e. The Bertz CT molecular complexity index is 492. The SMILES string of the molecule is CCCNCc1cc(Br)ccc1N1CCCCC1C(N)=O. The lowest BCUT2D eigenvalue weighted by Crippen LogP contribution is -2.48. The Morgan fingerprint density at radius 2 is 2.29 bits per heavy atom. The van der Waals surface area contributed by atoms with Gasteiger partial charge in [0.25, 0.3) is 0 Å².